The van der Waals surface area contributed by atoms with Crippen LogP contribution in [0.4, 0.5) is 0 Å². The number of piperidine rings is 1. The summed E-state index contributed by atoms with van der Waals surface area (Å²) in [6.45, 7) is 8.04. The molecule has 1 aliphatic carbocycles. The summed E-state index contributed by atoms with van der Waals surface area (Å²) in [5.41, 5.74) is 0.472. The zero-order valence-electron chi connectivity index (χ0n) is 13.7. The maximum Gasteiger partial charge on any atom is 0.224 e. The van der Waals surface area contributed by atoms with Gasteiger partial charge in [-0.05, 0) is 56.4 Å². The lowest BCUT2D eigenvalue weighted by Gasteiger charge is -2.39. The van der Waals surface area contributed by atoms with Crippen molar-refractivity contribution in [2.24, 2.45) is 11.3 Å². The smallest absolute Gasteiger partial charge is 0.224 e. The van der Waals surface area contributed by atoms with E-state index in [1.165, 1.54) is 38.5 Å². The lowest BCUT2D eigenvalue weighted by Crippen LogP contribution is -2.46. The van der Waals surface area contributed by atoms with Gasteiger partial charge in [0.15, 0.2) is 0 Å². The summed E-state index contributed by atoms with van der Waals surface area (Å²) >= 11 is 0. The summed E-state index contributed by atoms with van der Waals surface area (Å²) in [4.78, 5) is 14.5. The van der Waals surface area contributed by atoms with Crippen LogP contribution in [0.3, 0.4) is 0 Å². The Labute approximate surface area is 124 Å². The van der Waals surface area contributed by atoms with Gasteiger partial charge in [0.25, 0.3) is 0 Å². The van der Waals surface area contributed by atoms with E-state index in [0.29, 0.717) is 35.7 Å². The van der Waals surface area contributed by atoms with Crippen LogP contribution in [0.5, 0.6) is 0 Å². The molecule has 20 heavy (non-hydrogen) atoms. The van der Waals surface area contributed by atoms with E-state index in [4.69, 9.17) is 0 Å². The molecule has 1 saturated heterocycles. The van der Waals surface area contributed by atoms with Gasteiger partial charge in [0, 0.05) is 25.6 Å². The fraction of sp³-hybridized carbons (Fsp3) is 0.941. The van der Waals surface area contributed by atoms with E-state index < -0.39 is 0 Å². The lowest BCUT2D eigenvalue weighted by atomic mass is 9.75. The first-order chi connectivity index (χ1) is 9.39. The second-order valence-corrected chi connectivity index (χ2v) is 7.78. The minimum absolute atomic E-state index is 0.334. The highest BCUT2D eigenvalue weighted by atomic mass is 16.2. The Morgan fingerprint density at radius 1 is 1.25 bits per heavy atom. The van der Waals surface area contributed by atoms with Crippen LogP contribution in [-0.2, 0) is 4.79 Å². The molecule has 0 bridgehead atoms. The van der Waals surface area contributed by atoms with Gasteiger partial charge in [-0.25, -0.2) is 0 Å². The molecular formula is C17H32N2O. The molecule has 1 heterocycles. The summed E-state index contributed by atoms with van der Waals surface area (Å²) in [6, 6.07) is 0.855. The van der Waals surface area contributed by atoms with Crippen molar-refractivity contribution >= 4 is 5.91 Å². The van der Waals surface area contributed by atoms with Crippen LogP contribution >= 0.6 is 0 Å². The Morgan fingerprint density at radius 2 is 1.90 bits per heavy atom. The average molecular weight is 280 g/mol. The molecule has 2 unspecified atom stereocenters. The maximum absolute atomic E-state index is 12.5. The predicted molar refractivity (Wildman–Crippen MR) is 83.6 cm³/mol. The summed E-state index contributed by atoms with van der Waals surface area (Å²) in [7, 11) is 2.01. The van der Waals surface area contributed by atoms with Gasteiger partial charge >= 0.3 is 0 Å². The predicted octanol–water partition coefficient (Wildman–Crippen LogP) is 3.19. The Morgan fingerprint density at radius 3 is 2.50 bits per heavy atom. The Hall–Kier alpha value is -0.570. The van der Waals surface area contributed by atoms with E-state index in [2.05, 4.69) is 26.1 Å². The van der Waals surface area contributed by atoms with Crippen LogP contribution in [0.2, 0.25) is 0 Å². The van der Waals surface area contributed by atoms with Gasteiger partial charge < -0.3 is 10.2 Å². The molecule has 0 aromatic heterocycles. The molecule has 0 spiro atoms. The van der Waals surface area contributed by atoms with Crippen molar-refractivity contribution in [3.8, 4) is 0 Å². The van der Waals surface area contributed by atoms with Crippen LogP contribution in [-0.4, -0.2) is 36.5 Å². The van der Waals surface area contributed by atoms with Crippen LogP contribution in [0.1, 0.15) is 65.7 Å². The first-order valence-corrected chi connectivity index (χ1v) is 8.38. The second-order valence-electron chi connectivity index (χ2n) is 7.78. The molecule has 2 aliphatic rings. The molecule has 0 radical (unpaired) electrons. The van der Waals surface area contributed by atoms with Gasteiger partial charge in [0.05, 0.1) is 0 Å². The SMILES string of the molecule is CC1CCCNC1CC(=O)N(C)C1CCC(C)(C)CC1. The van der Waals surface area contributed by atoms with E-state index in [1.54, 1.807) is 0 Å². The molecule has 116 valence electrons. The highest BCUT2D eigenvalue weighted by molar-refractivity contribution is 5.77. The standard InChI is InChI=1S/C17H32N2O/c1-13-6-5-11-18-15(13)12-16(20)19(4)14-7-9-17(2,3)10-8-14/h13-15,18H,5-12H2,1-4H3. The van der Waals surface area contributed by atoms with Gasteiger partial charge in [-0.2, -0.15) is 0 Å². The van der Waals surface area contributed by atoms with Crippen LogP contribution in [0.25, 0.3) is 0 Å². The molecule has 0 aromatic rings. The lowest BCUT2D eigenvalue weighted by molar-refractivity contribution is -0.134. The number of amides is 1. The molecule has 2 fully saturated rings. The minimum Gasteiger partial charge on any atom is -0.343 e. The number of nitrogens with zero attached hydrogens (tertiary/aromatic N) is 1. The highest BCUT2D eigenvalue weighted by Gasteiger charge is 2.32. The maximum atomic E-state index is 12.5. The van der Waals surface area contributed by atoms with Gasteiger partial charge in [0.2, 0.25) is 5.91 Å². The topological polar surface area (TPSA) is 32.3 Å². The molecule has 3 nitrogen and oxygen atoms in total. The zero-order chi connectivity index (χ0) is 14.8. The molecule has 2 atom stereocenters. The van der Waals surface area contributed by atoms with Gasteiger partial charge in [-0.1, -0.05) is 20.8 Å². The summed E-state index contributed by atoms with van der Waals surface area (Å²) in [6.07, 6.45) is 8.01. The zero-order valence-corrected chi connectivity index (χ0v) is 13.7. The van der Waals surface area contributed by atoms with E-state index in [-0.39, 0.29) is 0 Å². The molecule has 1 amide bonds. The first kappa shape index (κ1) is 15.8. The minimum atomic E-state index is 0.334. The Kier molecular flexibility index (Phi) is 5.11. The highest BCUT2D eigenvalue weighted by Crippen LogP contribution is 2.36. The molecule has 1 N–H and O–H groups in total. The third-order valence-electron chi connectivity index (χ3n) is 5.57. The van der Waals surface area contributed by atoms with Gasteiger partial charge in [-0.15, -0.1) is 0 Å². The summed E-state index contributed by atoms with van der Waals surface area (Å²) < 4.78 is 0. The van der Waals surface area contributed by atoms with Crippen molar-refractivity contribution in [3.63, 3.8) is 0 Å². The fourth-order valence-electron chi connectivity index (χ4n) is 3.69. The molecule has 2 rings (SSSR count). The van der Waals surface area contributed by atoms with E-state index >= 15 is 0 Å². The number of rotatable bonds is 3. The van der Waals surface area contributed by atoms with Gasteiger partial charge in [-0.3, -0.25) is 4.79 Å². The van der Waals surface area contributed by atoms with Crippen molar-refractivity contribution in [2.75, 3.05) is 13.6 Å². The second kappa shape index (κ2) is 6.46. The van der Waals surface area contributed by atoms with Crippen LogP contribution < -0.4 is 5.32 Å². The number of nitrogens with one attached hydrogen (secondary N) is 1. The van der Waals surface area contributed by atoms with Crippen molar-refractivity contribution < 1.29 is 4.79 Å². The van der Waals surface area contributed by atoms with Crippen molar-refractivity contribution in [2.45, 2.75) is 77.8 Å². The first-order valence-electron chi connectivity index (χ1n) is 8.38. The van der Waals surface area contributed by atoms with Crippen molar-refractivity contribution in [3.05, 3.63) is 0 Å². The van der Waals surface area contributed by atoms with Gasteiger partial charge in [0.1, 0.15) is 0 Å². The van der Waals surface area contributed by atoms with E-state index in [9.17, 15) is 4.79 Å². The summed E-state index contributed by atoms with van der Waals surface area (Å²) in [5.74, 6) is 0.965. The Bertz CT molecular complexity index is 330. The number of hydrogen-bond acceptors (Lipinski definition) is 2. The Balaban J connectivity index is 1.83. The quantitative estimate of drug-likeness (QED) is 0.861. The average Bonchev–Trinajstić information content (AvgIpc) is 2.40. The molecule has 1 saturated carbocycles. The third kappa shape index (κ3) is 3.97. The van der Waals surface area contributed by atoms with Crippen LogP contribution in [0.15, 0.2) is 0 Å². The number of carbonyl (C=O) groups excluding carboxylic acids is 1. The summed E-state index contributed by atoms with van der Waals surface area (Å²) in [5, 5.41) is 3.52. The number of hydrogen-bond donors (Lipinski definition) is 1. The van der Waals surface area contributed by atoms with Crippen LogP contribution in [0, 0.1) is 11.3 Å². The molecule has 3 heteroatoms. The fourth-order valence-corrected chi connectivity index (χ4v) is 3.69. The molecular weight excluding hydrogens is 248 g/mol. The van der Waals surface area contributed by atoms with Crippen molar-refractivity contribution in [1.82, 2.24) is 10.2 Å². The monoisotopic (exact) mass is 280 g/mol. The molecule has 0 aromatic carbocycles. The van der Waals surface area contributed by atoms with Crippen molar-refractivity contribution in [1.29, 1.82) is 0 Å². The normalized spacial score (nSPS) is 31.0. The largest absolute Gasteiger partial charge is 0.343 e. The molecule has 1 aliphatic heterocycles. The van der Waals surface area contributed by atoms with E-state index in [1.807, 2.05) is 11.9 Å². The third-order valence-corrected chi connectivity index (χ3v) is 5.57. The van der Waals surface area contributed by atoms with E-state index in [0.717, 1.165) is 6.54 Å². The number of carbonyl (C=O) groups is 1.